The van der Waals surface area contributed by atoms with E-state index in [0.717, 1.165) is 6.07 Å². The zero-order valence-electron chi connectivity index (χ0n) is 12.5. The molecule has 0 spiro atoms. The number of aromatic nitrogens is 1. The number of carbonyl (C=O) groups excluding carboxylic acids is 1. The van der Waals surface area contributed by atoms with Crippen molar-refractivity contribution in [3.8, 4) is 0 Å². The van der Waals surface area contributed by atoms with Crippen LogP contribution in [0.4, 0.5) is 14.5 Å². The van der Waals surface area contributed by atoms with Crippen LogP contribution in [0.3, 0.4) is 0 Å². The minimum atomic E-state index is -0.877. The summed E-state index contributed by atoms with van der Waals surface area (Å²) in [7, 11) is 0. The normalized spacial score (nSPS) is 22.0. The number of hydrogen-bond donors (Lipinski definition) is 1. The molecule has 2 aromatic rings. The molecule has 2 unspecified atom stereocenters. The zero-order valence-corrected chi connectivity index (χ0v) is 12.5. The Bertz CT molecular complexity index is 708. The van der Waals surface area contributed by atoms with E-state index in [0.29, 0.717) is 18.5 Å². The lowest BCUT2D eigenvalue weighted by Gasteiger charge is -2.26. The third-order valence-corrected chi connectivity index (χ3v) is 4.21. The highest BCUT2D eigenvalue weighted by Gasteiger charge is 2.31. The molecule has 1 amide bonds. The van der Waals surface area contributed by atoms with Crippen LogP contribution < -0.4 is 10.6 Å². The number of amides is 1. The van der Waals surface area contributed by atoms with E-state index in [1.165, 1.54) is 11.0 Å². The lowest BCUT2D eigenvalue weighted by atomic mass is 9.93. The summed E-state index contributed by atoms with van der Waals surface area (Å²) in [4.78, 5) is 18.0. The topological polar surface area (TPSA) is 59.2 Å². The third-order valence-electron chi connectivity index (χ3n) is 4.21. The van der Waals surface area contributed by atoms with Gasteiger partial charge in [0.25, 0.3) is 0 Å². The second kappa shape index (κ2) is 6.42. The van der Waals surface area contributed by atoms with Crippen molar-refractivity contribution in [2.75, 3.05) is 11.4 Å². The summed E-state index contributed by atoms with van der Waals surface area (Å²) in [6.45, 7) is 0.261. The van der Waals surface area contributed by atoms with E-state index in [-0.39, 0.29) is 23.9 Å². The predicted octanol–water partition coefficient (Wildman–Crippen LogP) is 2.60. The average Bonchev–Trinajstić information content (AvgIpc) is 2.71. The molecule has 1 saturated heterocycles. The van der Waals surface area contributed by atoms with E-state index in [4.69, 9.17) is 5.73 Å². The Hall–Kier alpha value is -2.34. The second-order valence-electron chi connectivity index (χ2n) is 5.68. The van der Waals surface area contributed by atoms with E-state index < -0.39 is 17.7 Å². The lowest BCUT2D eigenvalue weighted by Crippen LogP contribution is -2.43. The van der Waals surface area contributed by atoms with Gasteiger partial charge in [-0.2, -0.15) is 0 Å². The number of benzene rings is 1. The Labute approximate surface area is 132 Å². The first kappa shape index (κ1) is 15.6. The van der Waals surface area contributed by atoms with Crippen molar-refractivity contribution in [3.63, 3.8) is 0 Å². The number of rotatable bonds is 2. The van der Waals surface area contributed by atoms with Crippen molar-refractivity contribution in [1.29, 1.82) is 0 Å². The molecule has 6 heteroatoms. The van der Waals surface area contributed by atoms with E-state index in [1.807, 2.05) is 0 Å². The van der Waals surface area contributed by atoms with E-state index in [9.17, 15) is 13.6 Å². The molecule has 3 rings (SSSR count). The van der Waals surface area contributed by atoms with E-state index >= 15 is 0 Å². The van der Waals surface area contributed by atoms with Crippen LogP contribution in [0.2, 0.25) is 0 Å². The van der Waals surface area contributed by atoms with Crippen LogP contribution in [0.15, 0.2) is 42.7 Å². The zero-order chi connectivity index (χ0) is 16.4. The van der Waals surface area contributed by atoms with Crippen molar-refractivity contribution in [2.24, 2.45) is 5.73 Å². The predicted molar refractivity (Wildman–Crippen MR) is 82.9 cm³/mol. The lowest BCUT2D eigenvalue weighted by molar-refractivity contribution is -0.119. The Morgan fingerprint density at radius 2 is 1.87 bits per heavy atom. The highest BCUT2D eigenvalue weighted by atomic mass is 19.2. The first-order valence-corrected chi connectivity index (χ1v) is 7.49. The van der Waals surface area contributed by atoms with Gasteiger partial charge in [0.15, 0.2) is 11.6 Å². The molecular formula is C17H17F2N3O. The molecule has 1 aliphatic heterocycles. The SMILES string of the molecule is NC1CCC(c2cccc(F)c2F)CN(c2ccncc2)C1=O. The molecule has 2 N–H and O–H groups in total. The molecule has 0 radical (unpaired) electrons. The molecule has 2 atom stereocenters. The van der Waals surface area contributed by atoms with E-state index in [1.54, 1.807) is 30.6 Å². The summed E-state index contributed by atoms with van der Waals surface area (Å²) < 4.78 is 27.6. The molecule has 120 valence electrons. The van der Waals surface area contributed by atoms with Crippen LogP contribution in [-0.2, 0) is 4.79 Å². The molecule has 1 fully saturated rings. The largest absolute Gasteiger partial charge is 0.320 e. The van der Waals surface area contributed by atoms with Gasteiger partial charge in [-0.3, -0.25) is 9.78 Å². The maximum absolute atomic E-state index is 14.1. The fraction of sp³-hybridized carbons (Fsp3) is 0.294. The summed E-state index contributed by atoms with van der Waals surface area (Å²) >= 11 is 0. The van der Waals surface area contributed by atoms with Gasteiger partial charge in [0, 0.05) is 30.5 Å². The molecule has 1 aromatic heterocycles. The van der Waals surface area contributed by atoms with Crippen LogP contribution in [0, 0.1) is 11.6 Å². The summed E-state index contributed by atoms with van der Waals surface area (Å²) in [6, 6.07) is 6.90. The average molecular weight is 317 g/mol. The van der Waals surface area contributed by atoms with Gasteiger partial charge in [0.05, 0.1) is 6.04 Å². The van der Waals surface area contributed by atoms with Gasteiger partial charge in [0.2, 0.25) is 5.91 Å². The Balaban J connectivity index is 1.97. The number of nitrogens with two attached hydrogens (primary N) is 1. The highest BCUT2D eigenvalue weighted by Crippen LogP contribution is 2.31. The summed E-state index contributed by atoms with van der Waals surface area (Å²) in [6.07, 6.45) is 4.11. The summed E-state index contributed by atoms with van der Waals surface area (Å²) in [5.41, 5.74) is 6.88. The quantitative estimate of drug-likeness (QED) is 0.926. The number of halogens is 2. The highest BCUT2D eigenvalue weighted by molar-refractivity contribution is 5.97. The van der Waals surface area contributed by atoms with Gasteiger partial charge >= 0.3 is 0 Å². The van der Waals surface area contributed by atoms with Crippen molar-refractivity contribution in [3.05, 3.63) is 59.9 Å². The second-order valence-corrected chi connectivity index (χ2v) is 5.68. The smallest absolute Gasteiger partial charge is 0.243 e. The van der Waals surface area contributed by atoms with E-state index in [2.05, 4.69) is 4.98 Å². The van der Waals surface area contributed by atoms with Gasteiger partial charge < -0.3 is 10.6 Å². The molecule has 0 aliphatic carbocycles. The van der Waals surface area contributed by atoms with Crippen molar-refractivity contribution in [2.45, 2.75) is 24.8 Å². The third kappa shape index (κ3) is 3.07. The Morgan fingerprint density at radius 1 is 1.13 bits per heavy atom. The number of nitrogens with zero attached hydrogens (tertiary/aromatic N) is 2. The number of anilines is 1. The molecule has 2 heterocycles. The number of hydrogen-bond acceptors (Lipinski definition) is 3. The maximum atomic E-state index is 14.1. The van der Waals surface area contributed by atoms with Crippen molar-refractivity contribution < 1.29 is 13.6 Å². The van der Waals surface area contributed by atoms with Gasteiger partial charge in [-0.15, -0.1) is 0 Å². The minimum Gasteiger partial charge on any atom is -0.320 e. The molecule has 1 aliphatic rings. The maximum Gasteiger partial charge on any atom is 0.243 e. The molecule has 0 bridgehead atoms. The fourth-order valence-corrected chi connectivity index (χ4v) is 2.95. The van der Waals surface area contributed by atoms with Gasteiger partial charge in [0.1, 0.15) is 0 Å². The number of carbonyl (C=O) groups is 1. The van der Waals surface area contributed by atoms with Gasteiger partial charge in [-0.05, 0) is 36.6 Å². The minimum absolute atomic E-state index is 0.212. The standard InChI is InChI=1S/C17H17F2N3O/c18-14-3-1-2-13(16(14)19)11-4-5-15(20)17(23)22(10-11)12-6-8-21-9-7-12/h1-3,6-9,11,15H,4-5,10,20H2. The molecule has 0 saturated carbocycles. The van der Waals surface area contributed by atoms with Crippen molar-refractivity contribution in [1.82, 2.24) is 4.98 Å². The molecule has 4 nitrogen and oxygen atoms in total. The molecule has 23 heavy (non-hydrogen) atoms. The van der Waals surface area contributed by atoms with Gasteiger partial charge in [-0.25, -0.2) is 8.78 Å². The summed E-state index contributed by atoms with van der Waals surface area (Å²) in [5.74, 6) is -2.25. The van der Waals surface area contributed by atoms with Crippen LogP contribution >= 0.6 is 0 Å². The summed E-state index contributed by atoms with van der Waals surface area (Å²) in [5, 5.41) is 0. The van der Waals surface area contributed by atoms with Gasteiger partial charge in [-0.1, -0.05) is 12.1 Å². The Morgan fingerprint density at radius 3 is 2.61 bits per heavy atom. The van der Waals surface area contributed by atoms with Crippen LogP contribution in [0.25, 0.3) is 0 Å². The van der Waals surface area contributed by atoms with Crippen LogP contribution in [0.1, 0.15) is 24.3 Å². The fourth-order valence-electron chi connectivity index (χ4n) is 2.95. The van der Waals surface area contributed by atoms with Crippen LogP contribution in [-0.4, -0.2) is 23.5 Å². The Kier molecular flexibility index (Phi) is 4.34. The number of pyridine rings is 1. The van der Waals surface area contributed by atoms with Crippen LogP contribution in [0.5, 0.6) is 0 Å². The first-order chi connectivity index (χ1) is 11.1. The first-order valence-electron chi connectivity index (χ1n) is 7.49. The molecular weight excluding hydrogens is 300 g/mol. The van der Waals surface area contributed by atoms with Crippen molar-refractivity contribution >= 4 is 11.6 Å². The molecule has 1 aromatic carbocycles. The monoisotopic (exact) mass is 317 g/mol.